The lowest BCUT2D eigenvalue weighted by Gasteiger charge is -2.25. The maximum Gasteiger partial charge on any atom is 0.245 e. The van der Waals surface area contributed by atoms with Crippen molar-refractivity contribution in [1.29, 1.82) is 0 Å². The Balaban J connectivity index is 1.97. The number of rotatable bonds is 7. The second-order valence-corrected chi connectivity index (χ2v) is 9.03. The van der Waals surface area contributed by atoms with Gasteiger partial charge in [0.2, 0.25) is 10.0 Å². The molecule has 1 heterocycles. The fourth-order valence-electron chi connectivity index (χ4n) is 2.20. The van der Waals surface area contributed by atoms with Crippen LogP contribution in [0.3, 0.4) is 0 Å². The standard InChI is InChI=1S/C14H26N4O2S/c1-14(2,3)11-17(4)21(19,20)13-9-16-18(10-13)8-7-15-12-5-6-12/h9-10,12,15H,5-8,11H2,1-4H3. The van der Waals surface area contributed by atoms with Crippen LogP contribution < -0.4 is 5.32 Å². The second kappa shape index (κ2) is 6.06. The summed E-state index contributed by atoms with van der Waals surface area (Å²) < 4.78 is 28.0. The molecule has 1 aliphatic rings. The van der Waals surface area contributed by atoms with E-state index in [9.17, 15) is 8.42 Å². The van der Waals surface area contributed by atoms with E-state index >= 15 is 0 Å². The first-order valence-electron chi connectivity index (χ1n) is 7.41. The van der Waals surface area contributed by atoms with Gasteiger partial charge in [-0.1, -0.05) is 20.8 Å². The van der Waals surface area contributed by atoms with E-state index in [0.717, 1.165) is 6.54 Å². The van der Waals surface area contributed by atoms with Gasteiger partial charge in [-0.25, -0.2) is 12.7 Å². The Morgan fingerprint density at radius 1 is 1.43 bits per heavy atom. The molecule has 0 amide bonds. The average molecular weight is 314 g/mol. The first kappa shape index (κ1) is 16.5. The molecule has 120 valence electrons. The minimum Gasteiger partial charge on any atom is -0.312 e. The molecule has 0 saturated heterocycles. The molecule has 1 saturated carbocycles. The first-order chi connectivity index (χ1) is 9.68. The molecule has 21 heavy (non-hydrogen) atoms. The summed E-state index contributed by atoms with van der Waals surface area (Å²) in [5.41, 5.74) is -0.0774. The van der Waals surface area contributed by atoms with Gasteiger partial charge in [-0.2, -0.15) is 5.10 Å². The smallest absolute Gasteiger partial charge is 0.245 e. The molecular weight excluding hydrogens is 288 g/mol. The minimum atomic E-state index is -3.45. The van der Waals surface area contributed by atoms with Gasteiger partial charge in [0.1, 0.15) is 4.90 Å². The number of nitrogens with zero attached hydrogens (tertiary/aromatic N) is 3. The first-order valence-corrected chi connectivity index (χ1v) is 8.85. The monoisotopic (exact) mass is 314 g/mol. The molecule has 7 heteroatoms. The van der Waals surface area contributed by atoms with Crippen molar-refractivity contribution >= 4 is 10.0 Å². The van der Waals surface area contributed by atoms with Crippen LogP contribution in [0.5, 0.6) is 0 Å². The van der Waals surface area contributed by atoms with Gasteiger partial charge in [0.25, 0.3) is 0 Å². The molecular formula is C14H26N4O2S. The molecule has 0 aromatic carbocycles. The second-order valence-electron chi connectivity index (χ2n) is 6.99. The highest BCUT2D eigenvalue weighted by Gasteiger charge is 2.26. The van der Waals surface area contributed by atoms with Gasteiger partial charge >= 0.3 is 0 Å². The zero-order chi connectivity index (χ0) is 15.7. The van der Waals surface area contributed by atoms with Crippen LogP contribution in [0.2, 0.25) is 0 Å². The SMILES string of the molecule is CN(CC(C)(C)C)S(=O)(=O)c1cnn(CCNC2CC2)c1. The zero-order valence-corrected chi connectivity index (χ0v) is 14.2. The molecule has 0 bridgehead atoms. The van der Waals surface area contributed by atoms with Crippen LogP contribution in [0, 0.1) is 5.41 Å². The minimum absolute atomic E-state index is 0.0774. The molecule has 1 fully saturated rings. The summed E-state index contributed by atoms with van der Waals surface area (Å²) in [6.45, 7) is 8.05. The lowest BCUT2D eigenvalue weighted by molar-refractivity contribution is 0.311. The number of aromatic nitrogens is 2. The predicted octanol–water partition coefficient (Wildman–Crippen LogP) is 1.30. The van der Waals surface area contributed by atoms with Crippen LogP contribution in [0.1, 0.15) is 33.6 Å². The van der Waals surface area contributed by atoms with E-state index in [1.165, 1.54) is 23.3 Å². The Morgan fingerprint density at radius 3 is 2.67 bits per heavy atom. The molecule has 0 radical (unpaired) electrons. The molecule has 1 aliphatic carbocycles. The zero-order valence-electron chi connectivity index (χ0n) is 13.3. The van der Waals surface area contributed by atoms with Crippen LogP contribution in [0.25, 0.3) is 0 Å². The van der Waals surface area contributed by atoms with E-state index in [2.05, 4.69) is 10.4 Å². The average Bonchev–Trinajstić information content (AvgIpc) is 3.03. The maximum atomic E-state index is 12.5. The van der Waals surface area contributed by atoms with Crippen molar-refractivity contribution in [3.63, 3.8) is 0 Å². The molecule has 0 aliphatic heterocycles. The molecule has 6 nitrogen and oxygen atoms in total. The Labute approximate surface area is 127 Å². The van der Waals surface area contributed by atoms with Crippen LogP contribution in [-0.4, -0.2) is 48.7 Å². The van der Waals surface area contributed by atoms with Gasteiger partial charge in [0.15, 0.2) is 0 Å². The Hall–Kier alpha value is -0.920. The third kappa shape index (κ3) is 4.79. The van der Waals surface area contributed by atoms with E-state index in [4.69, 9.17) is 0 Å². The highest BCUT2D eigenvalue weighted by molar-refractivity contribution is 7.89. The molecule has 0 unspecified atom stereocenters. The lowest BCUT2D eigenvalue weighted by atomic mass is 9.97. The van der Waals surface area contributed by atoms with Crippen molar-refractivity contribution in [1.82, 2.24) is 19.4 Å². The van der Waals surface area contributed by atoms with Crippen LogP contribution in [-0.2, 0) is 16.6 Å². The van der Waals surface area contributed by atoms with Crippen molar-refractivity contribution in [2.24, 2.45) is 5.41 Å². The number of hydrogen-bond donors (Lipinski definition) is 1. The Kier molecular flexibility index (Phi) is 4.75. The third-order valence-electron chi connectivity index (χ3n) is 3.37. The molecule has 1 aromatic heterocycles. The van der Waals surface area contributed by atoms with Gasteiger partial charge < -0.3 is 5.32 Å². The van der Waals surface area contributed by atoms with Crippen LogP contribution in [0.4, 0.5) is 0 Å². The summed E-state index contributed by atoms with van der Waals surface area (Å²) in [5.74, 6) is 0. The molecule has 0 atom stereocenters. The van der Waals surface area contributed by atoms with Gasteiger partial charge in [-0.15, -0.1) is 0 Å². The fraction of sp³-hybridized carbons (Fsp3) is 0.786. The molecule has 1 aromatic rings. The van der Waals surface area contributed by atoms with Crippen molar-refractivity contribution in [3.05, 3.63) is 12.4 Å². The summed E-state index contributed by atoms with van der Waals surface area (Å²) in [7, 11) is -1.83. The quantitative estimate of drug-likeness (QED) is 0.824. The molecule has 2 rings (SSSR count). The summed E-state index contributed by atoms with van der Waals surface area (Å²) >= 11 is 0. The van der Waals surface area contributed by atoms with Crippen molar-refractivity contribution < 1.29 is 8.42 Å². The lowest BCUT2D eigenvalue weighted by Crippen LogP contribution is -2.34. The van der Waals surface area contributed by atoms with Crippen LogP contribution in [0.15, 0.2) is 17.3 Å². The van der Waals surface area contributed by atoms with E-state index < -0.39 is 10.0 Å². The van der Waals surface area contributed by atoms with Crippen molar-refractivity contribution in [3.8, 4) is 0 Å². The van der Waals surface area contributed by atoms with E-state index in [0.29, 0.717) is 19.1 Å². The number of nitrogens with one attached hydrogen (secondary N) is 1. The Morgan fingerprint density at radius 2 is 2.10 bits per heavy atom. The van der Waals surface area contributed by atoms with E-state index in [1.54, 1.807) is 17.9 Å². The van der Waals surface area contributed by atoms with Crippen molar-refractivity contribution in [2.75, 3.05) is 20.1 Å². The van der Waals surface area contributed by atoms with Gasteiger partial charge in [0.05, 0.1) is 12.7 Å². The summed E-state index contributed by atoms with van der Waals surface area (Å²) in [5, 5.41) is 7.54. The topological polar surface area (TPSA) is 67.2 Å². The largest absolute Gasteiger partial charge is 0.312 e. The van der Waals surface area contributed by atoms with Crippen molar-refractivity contribution in [2.45, 2.75) is 51.1 Å². The molecule has 0 spiro atoms. The highest BCUT2D eigenvalue weighted by Crippen LogP contribution is 2.20. The summed E-state index contributed by atoms with van der Waals surface area (Å²) in [6.07, 6.45) is 5.54. The predicted molar refractivity (Wildman–Crippen MR) is 82.5 cm³/mol. The van der Waals surface area contributed by atoms with Crippen LogP contribution >= 0.6 is 0 Å². The summed E-state index contributed by atoms with van der Waals surface area (Å²) in [6, 6.07) is 0.654. The Bertz CT molecular complexity index is 570. The van der Waals surface area contributed by atoms with E-state index in [-0.39, 0.29) is 10.3 Å². The van der Waals surface area contributed by atoms with E-state index in [1.807, 2.05) is 20.8 Å². The summed E-state index contributed by atoms with van der Waals surface area (Å²) in [4.78, 5) is 0.265. The number of hydrogen-bond acceptors (Lipinski definition) is 4. The molecule has 1 N–H and O–H groups in total. The highest BCUT2D eigenvalue weighted by atomic mass is 32.2. The van der Waals surface area contributed by atoms with Gasteiger partial charge in [-0.05, 0) is 18.3 Å². The van der Waals surface area contributed by atoms with Gasteiger partial charge in [-0.3, -0.25) is 4.68 Å². The van der Waals surface area contributed by atoms with Gasteiger partial charge in [0, 0.05) is 32.4 Å². The fourth-order valence-corrected chi connectivity index (χ4v) is 3.56. The number of sulfonamides is 1. The normalized spacial score (nSPS) is 16.6. The maximum absolute atomic E-state index is 12.5. The third-order valence-corrected chi connectivity index (χ3v) is 5.12.